The predicted octanol–water partition coefficient (Wildman–Crippen LogP) is 2.66. The highest BCUT2D eigenvalue weighted by Gasteiger charge is 2.75. The van der Waals surface area contributed by atoms with Gasteiger partial charge in [0.15, 0.2) is 0 Å². The van der Waals surface area contributed by atoms with E-state index in [-0.39, 0.29) is 12.1 Å². The van der Waals surface area contributed by atoms with E-state index in [2.05, 4.69) is 13.6 Å². The Hall–Kier alpha value is -1.52. The minimum atomic E-state index is -0.771. The van der Waals surface area contributed by atoms with Crippen LogP contribution in [-0.4, -0.2) is 52.6 Å². The van der Waals surface area contributed by atoms with Crippen LogP contribution in [0.1, 0.15) is 43.2 Å². The molecule has 0 radical (unpaired) electrons. The molecule has 2 saturated carbocycles. The molecule has 4 nitrogen and oxygen atoms in total. The van der Waals surface area contributed by atoms with Crippen LogP contribution in [0.2, 0.25) is 0 Å². The molecule has 3 aliphatic carbocycles. The molecular formula is C22H28NO3+. The number of likely N-dealkylation sites (tertiary alicyclic amines) is 1. The lowest BCUT2D eigenvalue weighted by Crippen LogP contribution is -2.80. The fourth-order valence-electron chi connectivity index (χ4n) is 7.08. The van der Waals surface area contributed by atoms with Crippen molar-refractivity contribution in [2.24, 2.45) is 5.92 Å². The molecule has 26 heavy (non-hydrogen) atoms. The molecule has 5 atom stereocenters. The van der Waals surface area contributed by atoms with Crippen LogP contribution < -0.4 is 4.74 Å². The summed E-state index contributed by atoms with van der Waals surface area (Å²) in [6.45, 7) is 6.55. The number of hydrogen-bond acceptors (Lipinski definition) is 3. The number of likely N-dealkylation sites (N-methyl/N-ethyl adjacent to an activating group) is 1. The number of benzene rings is 1. The van der Waals surface area contributed by atoms with Gasteiger partial charge in [-0.15, -0.1) is 0 Å². The number of hydrogen-bond donors (Lipinski definition) is 2. The van der Waals surface area contributed by atoms with Crippen molar-refractivity contribution in [2.75, 3.05) is 20.1 Å². The summed E-state index contributed by atoms with van der Waals surface area (Å²) in [6.07, 6.45) is 5.78. The standard InChI is InChI=1S/C22H27NO3/c1-13-7-8-22(25)18-11-15-16(24)5-6-17-19(15)21(22,20(13)26-17)9-10-23(18,2)12-14-3-4-14/h5-6,14,18,20,25H,1,3-4,7-12H2,2H3/p+1. The first-order valence-electron chi connectivity index (χ1n) is 10.2. The van der Waals surface area contributed by atoms with Crippen molar-refractivity contribution in [3.8, 4) is 11.5 Å². The number of ether oxygens (including phenoxy) is 1. The van der Waals surface area contributed by atoms with E-state index in [4.69, 9.17) is 4.74 Å². The highest BCUT2D eigenvalue weighted by Crippen LogP contribution is 2.66. The second kappa shape index (κ2) is 4.48. The van der Waals surface area contributed by atoms with Crippen molar-refractivity contribution in [3.05, 3.63) is 35.4 Å². The first-order chi connectivity index (χ1) is 12.4. The van der Waals surface area contributed by atoms with Crippen LogP contribution in [0.25, 0.3) is 0 Å². The zero-order chi connectivity index (χ0) is 17.9. The van der Waals surface area contributed by atoms with E-state index in [1.807, 2.05) is 6.07 Å². The monoisotopic (exact) mass is 354 g/mol. The van der Waals surface area contributed by atoms with Crippen molar-refractivity contribution < 1.29 is 19.4 Å². The normalized spacial score (nSPS) is 45.2. The zero-order valence-electron chi connectivity index (χ0n) is 15.5. The van der Waals surface area contributed by atoms with E-state index in [0.717, 1.165) is 71.6 Å². The molecule has 1 aromatic carbocycles. The molecular weight excluding hydrogens is 326 g/mol. The number of piperidine rings is 1. The third-order valence-corrected chi connectivity index (χ3v) is 8.45. The Balaban J connectivity index is 1.61. The van der Waals surface area contributed by atoms with Gasteiger partial charge >= 0.3 is 0 Å². The second-order valence-electron chi connectivity index (χ2n) is 9.79. The molecule has 138 valence electrons. The average Bonchev–Trinajstić information content (AvgIpc) is 3.33. The third-order valence-electron chi connectivity index (χ3n) is 8.45. The van der Waals surface area contributed by atoms with Crippen molar-refractivity contribution in [1.29, 1.82) is 0 Å². The molecule has 6 rings (SSSR count). The summed E-state index contributed by atoms with van der Waals surface area (Å²) in [6, 6.07) is 3.79. The van der Waals surface area contributed by atoms with Gasteiger partial charge in [-0.25, -0.2) is 0 Å². The van der Waals surface area contributed by atoms with E-state index >= 15 is 0 Å². The minimum Gasteiger partial charge on any atom is -0.508 e. The number of phenolic OH excluding ortho intramolecular Hbond substituents is 1. The molecule has 2 bridgehead atoms. The van der Waals surface area contributed by atoms with Gasteiger partial charge < -0.3 is 19.4 Å². The molecule has 1 aromatic rings. The average molecular weight is 354 g/mol. The highest BCUT2D eigenvalue weighted by molar-refractivity contribution is 5.62. The zero-order valence-corrected chi connectivity index (χ0v) is 15.5. The van der Waals surface area contributed by atoms with Crippen molar-refractivity contribution >= 4 is 0 Å². The van der Waals surface area contributed by atoms with Crippen molar-refractivity contribution in [2.45, 2.75) is 61.7 Å². The number of nitrogens with zero attached hydrogens (tertiary/aromatic N) is 1. The lowest BCUT2D eigenvalue weighted by atomic mass is 9.48. The SMILES string of the molecule is C=C1CCC2(O)C3Cc4c(O)ccc5c4C2(CC[N+]3(C)CC2CC2)C1O5. The van der Waals surface area contributed by atoms with Gasteiger partial charge in [0.1, 0.15) is 29.2 Å². The molecule has 5 aliphatic rings. The van der Waals surface area contributed by atoms with E-state index in [9.17, 15) is 10.2 Å². The van der Waals surface area contributed by atoms with Crippen LogP contribution >= 0.6 is 0 Å². The first kappa shape index (κ1) is 15.5. The topological polar surface area (TPSA) is 49.7 Å². The van der Waals surface area contributed by atoms with Crippen LogP contribution in [0.15, 0.2) is 24.3 Å². The van der Waals surface area contributed by atoms with Gasteiger partial charge in [0.05, 0.1) is 25.6 Å². The van der Waals surface area contributed by atoms with Gasteiger partial charge in [-0.2, -0.15) is 0 Å². The molecule has 3 fully saturated rings. The van der Waals surface area contributed by atoms with E-state index in [1.165, 1.54) is 12.8 Å². The Kier molecular flexibility index (Phi) is 2.67. The second-order valence-corrected chi connectivity index (χ2v) is 9.79. The van der Waals surface area contributed by atoms with Crippen LogP contribution in [0.3, 0.4) is 0 Å². The maximum atomic E-state index is 12.3. The van der Waals surface area contributed by atoms with Gasteiger partial charge in [-0.1, -0.05) is 6.58 Å². The van der Waals surface area contributed by atoms with E-state index in [0.29, 0.717) is 5.75 Å². The fraction of sp³-hybridized carbons (Fsp3) is 0.636. The Bertz CT molecular complexity index is 846. The van der Waals surface area contributed by atoms with Crippen molar-refractivity contribution in [3.63, 3.8) is 0 Å². The Morgan fingerprint density at radius 1 is 1.31 bits per heavy atom. The first-order valence-corrected chi connectivity index (χ1v) is 10.2. The maximum Gasteiger partial charge on any atom is 0.133 e. The van der Waals surface area contributed by atoms with Crippen LogP contribution in [-0.2, 0) is 11.8 Å². The van der Waals surface area contributed by atoms with Gasteiger partial charge in [-0.3, -0.25) is 0 Å². The molecule has 1 spiro atoms. The summed E-state index contributed by atoms with van der Waals surface area (Å²) in [4.78, 5) is 0. The molecule has 0 amide bonds. The fourth-order valence-corrected chi connectivity index (χ4v) is 7.08. The smallest absolute Gasteiger partial charge is 0.133 e. The molecule has 0 aromatic heterocycles. The van der Waals surface area contributed by atoms with Gasteiger partial charge in [-0.05, 0) is 43.4 Å². The van der Waals surface area contributed by atoms with E-state index < -0.39 is 11.0 Å². The lowest BCUT2D eigenvalue weighted by molar-refractivity contribution is -0.950. The predicted molar refractivity (Wildman–Crippen MR) is 98.3 cm³/mol. The van der Waals surface area contributed by atoms with Crippen LogP contribution in [0.4, 0.5) is 0 Å². The van der Waals surface area contributed by atoms with Gasteiger partial charge in [0.25, 0.3) is 0 Å². The molecule has 1 saturated heterocycles. The summed E-state index contributed by atoms with van der Waals surface area (Å²) in [5.41, 5.74) is 2.03. The van der Waals surface area contributed by atoms with Crippen molar-refractivity contribution in [1.82, 2.24) is 0 Å². The number of aromatic hydroxyl groups is 1. The molecule has 2 N–H and O–H groups in total. The third kappa shape index (κ3) is 1.56. The molecule has 5 unspecified atom stereocenters. The lowest BCUT2D eigenvalue weighted by Gasteiger charge is -2.65. The number of rotatable bonds is 2. The largest absolute Gasteiger partial charge is 0.508 e. The minimum absolute atomic E-state index is 0.128. The summed E-state index contributed by atoms with van der Waals surface area (Å²) >= 11 is 0. The molecule has 2 aliphatic heterocycles. The van der Waals surface area contributed by atoms with Crippen LogP contribution in [0, 0.1) is 5.92 Å². The molecule has 4 heteroatoms. The van der Waals surface area contributed by atoms with Gasteiger partial charge in [0.2, 0.25) is 0 Å². The summed E-state index contributed by atoms with van der Waals surface area (Å²) in [7, 11) is 2.34. The Morgan fingerprint density at radius 2 is 2.12 bits per heavy atom. The Labute approximate surface area is 154 Å². The van der Waals surface area contributed by atoms with E-state index in [1.54, 1.807) is 6.07 Å². The Morgan fingerprint density at radius 3 is 2.88 bits per heavy atom. The summed E-state index contributed by atoms with van der Waals surface area (Å²) in [5, 5.41) is 23.0. The summed E-state index contributed by atoms with van der Waals surface area (Å²) in [5.74, 6) is 2.05. The van der Waals surface area contributed by atoms with Gasteiger partial charge in [0, 0.05) is 29.9 Å². The number of quaternary nitrogens is 1. The summed E-state index contributed by atoms with van der Waals surface area (Å²) < 4.78 is 7.33. The maximum absolute atomic E-state index is 12.3. The quantitative estimate of drug-likeness (QED) is 0.634. The number of aliphatic hydroxyl groups is 1. The van der Waals surface area contributed by atoms with Crippen LogP contribution in [0.5, 0.6) is 11.5 Å². The number of phenols is 1. The highest BCUT2D eigenvalue weighted by atomic mass is 16.5. The molecule has 2 heterocycles.